The van der Waals surface area contributed by atoms with Crippen LogP contribution in [0.15, 0.2) is 11.6 Å². The second kappa shape index (κ2) is 6.47. The molecule has 0 aliphatic carbocycles. The van der Waals surface area contributed by atoms with Crippen molar-refractivity contribution < 1.29 is 0 Å². The maximum atomic E-state index is 4.38. The van der Waals surface area contributed by atoms with E-state index in [4.69, 9.17) is 0 Å². The fourth-order valence-corrected chi connectivity index (χ4v) is 3.02. The zero-order chi connectivity index (χ0) is 12.1. The molecular formula is C13H23N3S. The van der Waals surface area contributed by atoms with Crippen molar-refractivity contribution in [3.05, 3.63) is 16.6 Å². The SMILES string of the molecule is CC(C)CNCC1CCCN1Cc1nccs1. The van der Waals surface area contributed by atoms with Crippen LogP contribution in [0.2, 0.25) is 0 Å². The van der Waals surface area contributed by atoms with Crippen LogP contribution in [0, 0.1) is 5.92 Å². The molecule has 1 aliphatic rings. The molecule has 1 saturated heterocycles. The van der Waals surface area contributed by atoms with E-state index in [1.807, 2.05) is 6.20 Å². The van der Waals surface area contributed by atoms with E-state index in [0.717, 1.165) is 25.6 Å². The Morgan fingerprint density at radius 1 is 1.59 bits per heavy atom. The van der Waals surface area contributed by atoms with Crippen LogP contribution in [0.1, 0.15) is 31.7 Å². The molecule has 0 spiro atoms. The van der Waals surface area contributed by atoms with Gasteiger partial charge in [0.15, 0.2) is 0 Å². The zero-order valence-corrected chi connectivity index (χ0v) is 11.7. The first-order chi connectivity index (χ1) is 8.25. The Balaban J connectivity index is 1.76. The summed E-state index contributed by atoms with van der Waals surface area (Å²) in [5.74, 6) is 0.740. The summed E-state index contributed by atoms with van der Waals surface area (Å²) in [4.78, 5) is 6.95. The molecule has 17 heavy (non-hydrogen) atoms. The Morgan fingerprint density at radius 3 is 3.18 bits per heavy atom. The summed E-state index contributed by atoms with van der Waals surface area (Å²) in [7, 11) is 0. The van der Waals surface area contributed by atoms with Crippen LogP contribution in [-0.4, -0.2) is 35.6 Å². The fraction of sp³-hybridized carbons (Fsp3) is 0.769. The van der Waals surface area contributed by atoms with Crippen LogP contribution < -0.4 is 5.32 Å². The van der Waals surface area contributed by atoms with Gasteiger partial charge in [0.25, 0.3) is 0 Å². The van der Waals surface area contributed by atoms with Crippen LogP contribution in [-0.2, 0) is 6.54 Å². The smallest absolute Gasteiger partial charge is 0.107 e. The molecule has 1 aromatic heterocycles. The van der Waals surface area contributed by atoms with Crippen molar-refractivity contribution in [3.8, 4) is 0 Å². The molecule has 2 rings (SSSR count). The summed E-state index contributed by atoms with van der Waals surface area (Å²) in [6.07, 6.45) is 4.57. The van der Waals surface area contributed by atoms with E-state index in [2.05, 4.69) is 34.4 Å². The van der Waals surface area contributed by atoms with Crippen molar-refractivity contribution in [1.29, 1.82) is 0 Å². The molecule has 1 N–H and O–H groups in total. The topological polar surface area (TPSA) is 28.2 Å². The Hall–Kier alpha value is -0.450. The Morgan fingerprint density at radius 2 is 2.47 bits per heavy atom. The average Bonchev–Trinajstić information content (AvgIpc) is 2.91. The number of nitrogens with zero attached hydrogens (tertiary/aromatic N) is 2. The van der Waals surface area contributed by atoms with Gasteiger partial charge in [0.2, 0.25) is 0 Å². The lowest BCUT2D eigenvalue weighted by atomic mass is 10.2. The average molecular weight is 253 g/mol. The van der Waals surface area contributed by atoms with Crippen molar-refractivity contribution in [2.75, 3.05) is 19.6 Å². The van der Waals surface area contributed by atoms with Crippen LogP contribution >= 0.6 is 11.3 Å². The van der Waals surface area contributed by atoms with Gasteiger partial charge in [0.05, 0.1) is 6.54 Å². The summed E-state index contributed by atoms with van der Waals surface area (Å²) in [6.45, 7) is 9.04. The first-order valence-corrected chi connectivity index (χ1v) is 7.47. The highest BCUT2D eigenvalue weighted by Gasteiger charge is 2.24. The standard InChI is InChI=1S/C13H23N3S/c1-11(2)8-14-9-12-4-3-6-16(12)10-13-15-5-7-17-13/h5,7,11-12,14H,3-4,6,8-10H2,1-2H3. The van der Waals surface area contributed by atoms with Crippen molar-refractivity contribution in [1.82, 2.24) is 15.2 Å². The van der Waals surface area contributed by atoms with E-state index in [1.54, 1.807) is 11.3 Å². The quantitative estimate of drug-likeness (QED) is 0.843. The number of aromatic nitrogens is 1. The maximum absolute atomic E-state index is 4.38. The number of hydrogen-bond donors (Lipinski definition) is 1. The van der Waals surface area contributed by atoms with Gasteiger partial charge in [-0.2, -0.15) is 0 Å². The molecule has 0 aromatic carbocycles. The molecule has 2 heterocycles. The molecule has 0 radical (unpaired) electrons. The highest BCUT2D eigenvalue weighted by Crippen LogP contribution is 2.20. The third-order valence-corrected chi connectivity index (χ3v) is 4.02. The van der Waals surface area contributed by atoms with E-state index < -0.39 is 0 Å². The second-order valence-corrected chi connectivity index (χ2v) is 6.22. The first kappa shape index (κ1) is 13.0. The van der Waals surface area contributed by atoms with E-state index in [0.29, 0.717) is 6.04 Å². The lowest BCUT2D eigenvalue weighted by molar-refractivity contribution is 0.237. The minimum atomic E-state index is 0.706. The molecule has 0 amide bonds. The highest BCUT2D eigenvalue weighted by atomic mass is 32.1. The number of likely N-dealkylation sites (tertiary alicyclic amines) is 1. The zero-order valence-electron chi connectivity index (χ0n) is 10.9. The predicted octanol–water partition coefficient (Wildman–Crippen LogP) is 2.35. The molecule has 3 nitrogen and oxygen atoms in total. The predicted molar refractivity (Wildman–Crippen MR) is 73.3 cm³/mol. The molecule has 96 valence electrons. The molecule has 4 heteroatoms. The van der Waals surface area contributed by atoms with E-state index in [9.17, 15) is 0 Å². The summed E-state index contributed by atoms with van der Waals surface area (Å²) >= 11 is 1.77. The first-order valence-electron chi connectivity index (χ1n) is 6.59. The van der Waals surface area contributed by atoms with Crippen LogP contribution in [0.4, 0.5) is 0 Å². The molecule has 0 bridgehead atoms. The van der Waals surface area contributed by atoms with Gasteiger partial charge >= 0.3 is 0 Å². The Bertz CT molecular complexity index is 310. The van der Waals surface area contributed by atoms with Gasteiger partial charge in [-0.25, -0.2) is 4.98 Å². The van der Waals surface area contributed by atoms with Crippen molar-refractivity contribution in [2.45, 2.75) is 39.3 Å². The van der Waals surface area contributed by atoms with Gasteiger partial charge in [0, 0.05) is 24.2 Å². The molecule has 1 fully saturated rings. The number of rotatable bonds is 6. The normalized spacial score (nSPS) is 21.5. The monoisotopic (exact) mass is 253 g/mol. The van der Waals surface area contributed by atoms with Gasteiger partial charge in [-0.3, -0.25) is 4.90 Å². The Labute approximate surface area is 108 Å². The maximum Gasteiger partial charge on any atom is 0.107 e. The molecule has 1 atom stereocenters. The van der Waals surface area contributed by atoms with Crippen molar-refractivity contribution in [3.63, 3.8) is 0 Å². The highest BCUT2D eigenvalue weighted by molar-refractivity contribution is 7.09. The molecular weight excluding hydrogens is 230 g/mol. The van der Waals surface area contributed by atoms with Crippen molar-refractivity contribution in [2.24, 2.45) is 5.92 Å². The molecule has 1 aliphatic heterocycles. The van der Waals surface area contributed by atoms with E-state index >= 15 is 0 Å². The minimum absolute atomic E-state index is 0.706. The van der Waals surface area contributed by atoms with Gasteiger partial charge in [-0.15, -0.1) is 11.3 Å². The summed E-state index contributed by atoms with van der Waals surface area (Å²) in [5.41, 5.74) is 0. The molecule has 0 saturated carbocycles. The summed E-state index contributed by atoms with van der Waals surface area (Å²) < 4.78 is 0. The van der Waals surface area contributed by atoms with Crippen molar-refractivity contribution >= 4 is 11.3 Å². The largest absolute Gasteiger partial charge is 0.315 e. The van der Waals surface area contributed by atoms with Gasteiger partial charge in [-0.05, 0) is 31.8 Å². The van der Waals surface area contributed by atoms with E-state index in [1.165, 1.54) is 24.4 Å². The van der Waals surface area contributed by atoms with Gasteiger partial charge in [-0.1, -0.05) is 13.8 Å². The molecule has 1 unspecified atom stereocenters. The van der Waals surface area contributed by atoms with Crippen LogP contribution in [0.5, 0.6) is 0 Å². The second-order valence-electron chi connectivity index (χ2n) is 5.24. The number of thiazole rings is 1. The van der Waals surface area contributed by atoms with E-state index in [-0.39, 0.29) is 0 Å². The van der Waals surface area contributed by atoms with Gasteiger partial charge < -0.3 is 5.32 Å². The summed E-state index contributed by atoms with van der Waals surface area (Å²) in [5, 5.41) is 6.90. The lowest BCUT2D eigenvalue weighted by Gasteiger charge is -2.24. The number of nitrogens with one attached hydrogen (secondary N) is 1. The third-order valence-electron chi connectivity index (χ3n) is 3.25. The van der Waals surface area contributed by atoms with Crippen LogP contribution in [0.3, 0.4) is 0 Å². The Kier molecular flexibility index (Phi) is 4.95. The van der Waals surface area contributed by atoms with Crippen LogP contribution in [0.25, 0.3) is 0 Å². The molecule has 1 aromatic rings. The number of hydrogen-bond acceptors (Lipinski definition) is 4. The minimum Gasteiger partial charge on any atom is -0.315 e. The lowest BCUT2D eigenvalue weighted by Crippen LogP contribution is -2.38. The fourth-order valence-electron chi connectivity index (χ4n) is 2.38. The summed E-state index contributed by atoms with van der Waals surface area (Å²) in [6, 6.07) is 0.706. The third kappa shape index (κ3) is 4.05. The van der Waals surface area contributed by atoms with Gasteiger partial charge in [0.1, 0.15) is 5.01 Å².